The molecule has 3 saturated heterocycles. The highest BCUT2D eigenvalue weighted by atomic mass is 35.5. The molecule has 1 aromatic heterocycles. The molecule has 0 bridgehead atoms. The molecule has 5 rings (SSSR count). The predicted molar refractivity (Wildman–Crippen MR) is 139 cm³/mol. The molecule has 1 amide bonds. The average molecular weight is 537 g/mol. The van der Waals surface area contributed by atoms with Crippen LogP contribution in [-0.4, -0.2) is 95.6 Å². The van der Waals surface area contributed by atoms with Crippen LogP contribution in [0.25, 0.3) is 0 Å². The average Bonchev–Trinajstić information content (AvgIpc) is 3.62. The lowest BCUT2D eigenvalue weighted by molar-refractivity contribution is -0.151. The van der Waals surface area contributed by atoms with Crippen LogP contribution in [0.2, 0.25) is 10.0 Å². The summed E-state index contributed by atoms with van der Waals surface area (Å²) in [6.07, 6.45) is 3.97. The molecule has 36 heavy (non-hydrogen) atoms. The molecule has 0 N–H and O–H groups in total. The molecule has 0 saturated carbocycles. The molecule has 3 fully saturated rings. The fraction of sp³-hybridized carbons (Fsp3) is 0.577. The van der Waals surface area contributed by atoms with Crippen molar-refractivity contribution >= 4 is 34.9 Å². The number of rotatable bonds is 6. The van der Waals surface area contributed by atoms with Gasteiger partial charge >= 0.3 is 0 Å². The van der Waals surface area contributed by atoms with E-state index >= 15 is 0 Å². The van der Waals surface area contributed by atoms with Gasteiger partial charge in [-0.25, -0.2) is 0 Å². The van der Waals surface area contributed by atoms with Gasteiger partial charge in [0.2, 0.25) is 5.91 Å². The summed E-state index contributed by atoms with van der Waals surface area (Å²) < 4.78 is 10.9. The molecule has 0 spiro atoms. The Hall–Kier alpha value is -1.97. The van der Waals surface area contributed by atoms with Gasteiger partial charge in [0.15, 0.2) is 11.5 Å². The van der Waals surface area contributed by atoms with Gasteiger partial charge in [0, 0.05) is 19.2 Å². The summed E-state index contributed by atoms with van der Waals surface area (Å²) in [5.74, 6) is -0.0339. The lowest BCUT2D eigenvalue weighted by atomic mass is 9.90. The zero-order valence-electron chi connectivity index (χ0n) is 20.9. The molecular weight excluding hydrogens is 503 g/mol. The molecule has 0 aliphatic carbocycles. The monoisotopic (exact) mass is 536 g/mol. The van der Waals surface area contributed by atoms with Crippen LogP contribution in [0.15, 0.2) is 35.1 Å². The Morgan fingerprint density at radius 3 is 2.44 bits per heavy atom. The van der Waals surface area contributed by atoms with Gasteiger partial charge in [-0.05, 0) is 43.6 Å². The van der Waals surface area contributed by atoms with Crippen molar-refractivity contribution in [3.63, 3.8) is 0 Å². The molecule has 8 nitrogen and oxygen atoms in total. The van der Waals surface area contributed by atoms with E-state index in [0.717, 1.165) is 31.5 Å². The van der Waals surface area contributed by atoms with Gasteiger partial charge in [-0.2, -0.15) is 0 Å². The zero-order chi connectivity index (χ0) is 25.7. The van der Waals surface area contributed by atoms with Crippen LogP contribution in [0.3, 0.4) is 0 Å². The summed E-state index contributed by atoms with van der Waals surface area (Å²) in [6.45, 7) is 8.44. The lowest BCUT2D eigenvalue weighted by Crippen LogP contribution is -2.72. The van der Waals surface area contributed by atoms with Gasteiger partial charge in [0.25, 0.3) is 0 Å². The van der Waals surface area contributed by atoms with E-state index in [2.05, 4.69) is 15.0 Å². The van der Waals surface area contributed by atoms with Crippen LogP contribution in [0.1, 0.15) is 42.7 Å². The first-order valence-corrected chi connectivity index (χ1v) is 13.5. The number of carbonyl (C=O) groups is 2. The number of likely N-dealkylation sites (tertiary alicyclic amines) is 1. The van der Waals surface area contributed by atoms with Crippen LogP contribution in [0.4, 0.5) is 0 Å². The Bertz CT molecular complexity index is 1030. The van der Waals surface area contributed by atoms with E-state index in [1.165, 1.54) is 6.26 Å². The topological polar surface area (TPSA) is 79.1 Å². The molecule has 3 aliphatic heterocycles. The van der Waals surface area contributed by atoms with Crippen molar-refractivity contribution in [2.75, 3.05) is 45.9 Å². The number of ether oxygens (including phenoxy) is 1. The smallest absolute Gasteiger partial charge is 0.227 e. The number of piperazine rings is 1. The van der Waals surface area contributed by atoms with Crippen molar-refractivity contribution in [2.24, 2.45) is 0 Å². The predicted octanol–water partition coefficient (Wildman–Crippen LogP) is 3.81. The van der Waals surface area contributed by atoms with Crippen molar-refractivity contribution in [1.29, 1.82) is 0 Å². The highest BCUT2D eigenvalue weighted by molar-refractivity contribution is 6.42. The van der Waals surface area contributed by atoms with Crippen molar-refractivity contribution in [3.05, 3.63) is 51.8 Å². The minimum absolute atomic E-state index is 0.0546. The van der Waals surface area contributed by atoms with E-state index < -0.39 is 0 Å². The third kappa shape index (κ3) is 5.94. The lowest BCUT2D eigenvalue weighted by Gasteiger charge is -2.54. The standard InChI is InChI=1S/C24H28Cl2N4O4.C2H6/c25-17-4-3-16(11-18(17)26)12-23(32)30-9-8-29(13-22(31)19-5-10-34-27-19)21-15-33-14-20(24(21)30)28-6-1-2-7-28;1-2/h3-5,10-11,20-21,24H,1-2,6-9,12-15H2;1-2H3/t20-,21?,24?;/m0./s1. The first-order valence-electron chi connectivity index (χ1n) is 12.7. The largest absolute Gasteiger partial charge is 0.378 e. The zero-order valence-corrected chi connectivity index (χ0v) is 22.4. The number of carbonyl (C=O) groups excluding carboxylic acids is 2. The molecule has 196 valence electrons. The molecular formula is C26H34Cl2N4O4. The van der Waals surface area contributed by atoms with E-state index in [1.807, 2.05) is 24.8 Å². The summed E-state index contributed by atoms with van der Waals surface area (Å²) in [5, 5.41) is 4.71. The highest BCUT2D eigenvalue weighted by Crippen LogP contribution is 2.30. The van der Waals surface area contributed by atoms with Gasteiger partial charge in [-0.1, -0.05) is 48.3 Å². The van der Waals surface area contributed by atoms with E-state index in [-0.39, 0.29) is 42.8 Å². The SMILES string of the molecule is CC.O=C(CN1CCN(C(=O)Cc2ccc(Cl)c(Cl)c2)C2C1COC[C@@H]2N1CCCC1)c1ccon1. The van der Waals surface area contributed by atoms with E-state index in [0.29, 0.717) is 42.0 Å². The number of benzene rings is 1. The van der Waals surface area contributed by atoms with E-state index in [4.69, 9.17) is 32.5 Å². The number of hydrogen-bond donors (Lipinski definition) is 0. The van der Waals surface area contributed by atoms with Crippen molar-refractivity contribution in [1.82, 2.24) is 19.9 Å². The molecule has 3 atom stereocenters. The Morgan fingerprint density at radius 1 is 1.00 bits per heavy atom. The van der Waals surface area contributed by atoms with Gasteiger partial charge in [0.05, 0.1) is 54.4 Å². The number of amides is 1. The van der Waals surface area contributed by atoms with Gasteiger partial charge in [-0.15, -0.1) is 0 Å². The second-order valence-electron chi connectivity index (χ2n) is 9.20. The maximum absolute atomic E-state index is 13.6. The number of Topliss-reactive ketones (excluding diaryl/α,β-unsaturated/α-hetero) is 1. The summed E-state index contributed by atoms with van der Waals surface area (Å²) in [7, 11) is 0. The Balaban J connectivity index is 0.00000148. The first kappa shape index (κ1) is 27.1. The number of ketones is 1. The number of hydrogen-bond acceptors (Lipinski definition) is 7. The maximum atomic E-state index is 13.6. The number of aromatic nitrogens is 1. The molecule has 2 unspecified atom stereocenters. The van der Waals surface area contributed by atoms with E-state index in [1.54, 1.807) is 18.2 Å². The summed E-state index contributed by atoms with van der Waals surface area (Å²) in [6, 6.07) is 6.89. The molecule has 3 aliphatic rings. The normalized spacial score (nSPS) is 24.7. The van der Waals surface area contributed by atoms with Crippen LogP contribution >= 0.6 is 23.2 Å². The second kappa shape index (κ2) is 12.5. The minimum atomic E-state index is -0.0913. The quantitative estimate of drug-likeness (QED) is 0.519. The molecule has 4 heterocycles. The second-order valence-corrected chi connectivity index (χ2v) is 10.0. The van der Waals surface area contributed by atoms with Crippen LogP contribution in [-0.2, 0) is 16.0 Å². The number of halogens is 2. The number of fused-ring (bicyclic) bond motifs is 1. The summed E-state index contributed by atoms with van der Waals surface area (Å²) in [4.78, 5) is 33.0. The third-order valence-corrected chi connectivity index (χ3v) is 7.90. The Morgan fingerprint density at radius 2 is 1.75 bits per heavy atom. The summed E-state index contributed by atoms with van der Waals surface area (Å²) in [5.41, 5.74) is 1.16. The van der Waals surface area contributed by atoms with Gasteiger partial charge < -0.3 is 14.2 Å². The summed E-state index contributed by atoms with van der Waals surface area (Å²) >= 11 is 12.2. The molecule has 0 radical (unpaired) electrons. The van der Waals surface area contributed by atoms with Gasteiger partial charge in [-0.3, -0.25) is 19.4 Å². The van der Waals surface area contributed by atoms with Crippen molar-refractivity contribution in [2.45, 2.75) is 51.2 Å². The molecule has 1 aromatic carbocycles. The third-order valence-electron chi connectivity index (χ3n) is 7.16. The van der Waals surface area contributed by atoms with E-state index in [9.17, 15) is 9.59 Å². The van der Waals surface area contributed by atoms with Crippen molar-refractivity contribution in [3.8, 4) is 0 Å². The fourth-order valence-electron chi connectivity index (χ4n) is 5.48. The van der Waals surface area contributed by atoms with Crippen LogP contribution < -0.4 is 0 Å². The Labute approximate surface area is 222 Å². The van der Waals surface area contributed by atoms with Crippen LogP contribution in [0, 0.1) is 0 Å². The molecule has 10 heteroatoms. The Kier molecular flexibility index (Phi) is 9.41. The fourth-order valence-corrected chi connectivity index (χ4v) is 5.80. The maximum Gasteiger partial charge on any atom is 0.227 e. The minimum Gasteiger partial charge on any atom is -0.378 e. The van der Waals surface area contributed by atoms with Gasteiger partial charge in [0.1, 0.15) is 6.26 Å². The van der Waals surface area contributed by atoms with Crippen LogP contribution in [0.5, 0.6) is 0 Å². The van der Waals surface area contributed by atoms with Crippen molar-refractivity contribution < 1.29 is 18.8 Å². The highest BCUT2D eigenvalue weighted by Gasteiger charge is 2.48. The number of nitrogens with zero attached hydrogens (tertiary/aromatic N) is 4. The first-order chi connectivity index (χ1) is 17.5. The molecule has 2 aromatic rings.